The van der Waals surface area contributed by atoms with Gasteiger partial charge in [-0.1, -0.05) is 23.7 Å². The van der Waals surface area contributed by atoms with Gasteiger partial charge in [-0.15, -0.1) is 0 Å². The molecule has 4 nitrogen and oxygen atoms in total. The Balaban J connectivity index is 1.59. The summed E-state index contributed by atoms with van der Waals surface area (Å²) in [5.41, 5.74) is 2.26. The fourth-order valence-corrected chi connectivity index (χ4v) is 2.54. The Morgan fingerprint density at radius 3 is 2.25 bits per heavy atom. The van der Waals surface area contributed by atoms with Crippen molar-refractivity contribution < 1.29 is 9.59 Å². The van der Waals surface area contributed by atoms with Crippen molar-refractivity contribution >= 4 is 29.1 Å². The van der Waals surface area contributed by atoms with Crippen LogP contribution in [0.25, 0.3) is 0 Å². The van der Waals surface area contributed by atoms with E-state index in [1.165, 1.54) is 0 Å². The minimum atomic E-state index is -0.155. The maximum atomic E-state index is 12.3. The molecule has 2 aromatic carbocycles. The largest absolute Gasteiger partial charge is 0.346 e. The van der Waals surface area contributed by atoms with Gasteiger partial charge in [-0.05, 0) is 61.7 Å². The van der Waals surface area contributed by atoms with Crippen LogP contribution in [0.2, 0.25) is 5.02 Å². The van der Waals surface area contributed by atoms with E-state index >= 15 is 0 Å². The van der Waals surface area contributed by atoms with Crippen molar-refractivity contribution in [1.29, 1.82) is 0 Å². The fraction of sp³-hybridized carbons (Fsp3) is 0.263. The lowest BCUT2D eigenvalue weighted by Crippen LogP contribution is -2.26. The zero-order chi connectivity index (χ0) is 17.1. The van der Waals surface area contributed by atoms with Crippen LogP contribution in [0, 0.1) is 5.92 Å². The van der Waals surface area contributed by atoms with Crippen molar-refractivity contribution in [2.24, 2.45) is 5.92 Å². The summed E-state index contributed by atoms with van der Waals surface area (Å²) in [5, 5.41) is 6.48. The molecule has 2 N–H and O–H groups in total. The number of benzene rings is 2. The van der Waals surface area contributed by atoms with E-state index in [0.29, 0.717) is 16.3 Å². The maximum absolute atomic E-state index is 12.3. The molecule has 0 heterocycles. The number of carbonyl (C=O) groups is 2. The summed E-state index contributed by atoms with van der Waals surface area (Å²) < 4.78 is 0. The number of amides is 2. The van der Waals surface area contributed by atoms with Gasteiger partial charge in [0, 0.05) is 22.2 Å². The molecule has 0 unspecified atom stereocenters. The first-order chi connectivity index (χ1) is 11.5. The standard InChI is InChI=1S/C19H19ClN2O2/c1-12(13-4-8-16(20)9-5-13)21-18(23)15-6-10-17(11-7-15)22-19(24)14-2-3-14/h4-12,14H,2-3H2,1H3,(H,21,23)(H,22,24)/t12-/m1/s1. The van der Waals surface area contributed by atoms with Gasteiger partial charge in [0.05, 0.1) is 6.04 Å². The number of anilines is 1. The summed E-state index contributed by atoms with van der Waals surface area (Å²) in [4.78, 5) is 24.0. The Bertz CT molecular complexity index is 737. The molecular formula is C19H19ClN2O2. The van der Waals surface area contributed by atoms with Crippen LogP contribution in [-0.4, -0.2) is 11.8 Å². The van der Waals surface area contributed by atoms with Gasteiger partial charge < -0.3 is 10.6 Å². The summed E-state index contributed by atoms with van der Waals surface area (Å²) in [6.07, 6.45) is 1.93. The van der Waals surface area contributed by atoms with Gasteiger partial charge in [-0.25, -0.2) is 0 Å². The number of hydrogen-bond acceptors (Lipinski definition) is 2. The maximum Gasteiger partial charge on any atom is 0.251 e. The molecule has 1 aliphatic carbocycles. The normalized spacial score (nSPS) is 14.8. The Hall–Kier alpha value is -2.33. The summed E-state index contributed by atoms with van der Waals surface area (Å²) >= 11 is 5.87. The number of carbonyl (C=O) groups excluding carboxylic acids is 2. The van der Waals surface area contributed by atoms with E-state index in [4.69, 9.17) is 11.6 Å². The number of rotatable bonds is 5. The van der Waals surface area contributed by atoms with Crippen LogP contribution >= 0.6 is 11.6 Å². The van der Waals surface area contributed by atoms with Crippen LogP contribution < -0.4 is 10.6 Å². The average molecular weight is 343 g/mol. The smallest absolute Gasteiger partial charge is 0.251 e. The minimum absolute atomic E-state index is 0.0589. The molecule has 124 valence electrons. The van der Waals surface area contributed by atoms with Gasteiger partial charge in [-0.2, -0.15) is 0 Å². The molecule has 1 saturated carbocycles. The van der Waals surface area contributed by atoms with Gasteiger partial charge >= 0.3 is 0 Å². The molecule has 5 heteroatoms. The molecule has 1 atom stereocenters. The molecule has 1 fully saturated rings. The third-order valence-corrected chi connectivity index (χ3v) is 4.33. The van der Waals surface area contributed by atoms with Crippen LogP contribution in [-0.2, 0) is 4.79 Å². The van der Waals surface area contributed by atoms with E-state index in [1.54, 1.807) is 36.4 Å². The first kappa shape index (κ1) is 16.5. The fourth-order valence-electron chi connectivity index (χ4n) is 2.41. The van der Waals surface area contributed by atoms with E-state index < -0.39 is 0 Å². The Labute approximate surface area is 146 Å². The van der Waals surface area contributed by atoms with Crippen LogP contribution in [0.5, 0.6) is 0 Å². The van der Waals surface area contributed by atoms with E-state index in [0.717, 1.165) is 18.4 Å². The second-order valence-corrected chi connectivity index (χ2v) is 6.52. The average Bonchev–Trinajstić information content (AvgIpc) is 3.41. The highest BCUT2D eigenvalue weighted by Gasteiger charge is 2.29. The highest BCUT2D eigenvalue weighted by atomic mass is 35.5. The number of nitrogens with one attached hydrogen (secondary N) is 2. The molecule has 0 spiro atoms. The van der Waals surface area contributed by atoms with E-state index in [1.807, 2.05) is 19.1 Å². The Kier molecular flexibility index (Phi) is 4.86. The highest BCUT2D eigenvalue weighted by Crippen LogP contribution is 2.30. The van der Waals surface area contributed by atoms with Gasteiger partial charge in [0.1, 0.15) is 0 Å². The molecule has 0 bridgehead atoms. The molecule has 0 saturated heterocycles. The third kappa shape index (κ3) is 4.15. The van der Waals surface area contributed by atoms with Crippen molar-refractivity contribution in [2.45, 2.75) is 25.8 Å². The Morgan fingerprint density at radius 2 is 1.67 bits per heavy atom. The predicted octanol–water partition coefficient (Wildman–Crippen LogP) is 4.18. The van der Waals surface area contributed by atoms with Gasteiger partial charge in [0.25, 0.3) is 5.91 Å². The van der Waals surface area contributed by atoms with Gasteiger partial charge in [0.2, 0.25) is 5.91 Å². The van der Waals surface area contributed by atoms with Gasteiger partial charge in [0.15, 0.2) is 0 Å². The number of halogens is 1. The summed E-state index contributed by atoms with van der Waals surface area (Å²) in [5.74, 6) is 0.0642. The highest BCUT2D eigenvalue weighted by molar-refractivity contribution is 6.30. The predicted molar refractivity (Wildman–Crippen MR) is 95.1 cm³/mol. The minimum Gasteiger partial charge on any atom is -0.346 e. The zero-order valence-corrected chi connectivity index (χ0v) is 14.1. The molecule has 2 aromatic rings. The molecule has 0 aromatic heterocycles. The third-order valence-electron chi connectivity index (χ3n) is 4.08. The van der Waals surface area contributed by atoms with Gasteiger partial charge in [-0.3, -0.25) is 9.59 Å². The molecule has 2 amide bonds. The van der Waals surface area contributed by atoms with E-state index in [2.05, 4.69) is 10.6 Å². The SMILES string of the molecule is C[C@@H](NC(=O)c1ccc(NC(=O)C2CC2)cc1)c1ccc(Cl)cc1. The van der Waals surface area contributed by atoms with E-state index in [9.17, 15) is 9.59 Å². The van der Waals surface area contributed by atoms with Crippen molar-refractivity contribution in [1.82, 2.24) is 5.32 Å². The van der Waals surface area contributed by atoms with Crippen molar-refractivity contribution in [2.75, 3.05) is 5.32 Å². The lowest BCUT2D eigenvalue weighted by molar-refractivity contribution is -0.117. The summed E-state index contributed by atoms with van der Waals surface area (Å²) in [6.45, 7) is 1.92. The molecule has 24 heavy (non-hydrogen) atoms. The molecule has 1 aliphatic rings. The number of hydrogen-bond donors (Lipinski definition) is 2. The second kappa shape index (κ2) is 7.05. The van der Waals surface area contributed by atoms with Crippen molar-refractivity contribution in [3.63, 3.8) is 0 Å². The topological polar surface area (TPSA) is 58.2 Å². The Morgan fingerprint density at radius 1 is 1.04 bits per heavy atom. The van der Waals surface area contributed by atoms with Crippen LogP contribution in [0.3, 0.4) is 0 Å². The first-order valence-corrected chi connectivity index (χ1v) is 8.38. The molecule has 3 rings (SSSR count). The zero-order valence-electron chi connectivity index (χ0n) is 13.4. The lowest BCUT2D eigenvalue weighted by atomic mass is 10.1. The van der Waals surface area contributed by atoms with Crippen molar-refractivity contribution in [3.8, 4) is 0 Å². The molecule has 0 aliphatic heterocycles. The van der Waals surface area contributed by atoms with E-state index in [-0.39, 0.29) is 23.8 Å². The quantitative estimate of drug-likeness (QED) is 0.856. The first-order valence-electron chi connectivity index (χ1n) is 8.00. The second-order valence-electron chi connectivity index (χ2n) is 6.09. The monoisotopic (exact) mass is 342 g/mol. The summed E-state index contributed by atoms with van der Waals surface area (Å²) in [6, 6.07) is 14.2. The molecular weight excluding hydrogens is 324 g/mol. The van der Waals surface area contributed by atoms with Crippen LogP contribution in [0.1, 0.15) is 41.7 Å². The summed E-state index contributed by atoms with van der Waals surface area (Å²) in [7, 11) is 0. The lowest BCUT2D eigenvalue weighted by Gasteiger charge is -2.14. The molecule has 0 radical (unpaired) electrons. The van der Waals surface area contributed by atoms with Crippen LogP contribution in [0.15, 0.2) is 48.5 Å². The van der Waals surface area contributed by atoms with Crippen LogP contribution in [0.4, 0.5) is 5.69 Å². The van der Waals surface area contributed by atoms with Crippen molar-refractivity contribution in [3.05, 3.63) is 64.7 Å².